The third kappa shape index (κ3) is 1.67. The van der Waals surface area contributed by atoms with Crippen molar-refractivity contribution in [3.05, 3.63) is 48.4 Å². The van der Waals surface area contributed by atoms with E-state index < -0.39 is 0 Å². The molecule has 19 heavy (non-hydrogen) atoms. The molecule has 5 heteroatoms. The van der Waals surface area contributed by atoms with E-state index >= 15 is 0 Å². The number of pyridine rings is 1. The first-order chi connectivity index (χ1) is 9.42. The van der Waals surface area contributed by atoms with E-state index in [0.29, 0.717) is 5.89 Å². The van der Waals surface area contributed by atoms with Crippen LogP contribution in [0.3, 0.4) is 0 Å². The van der Waals surface area contributed by atoms with E-state index in [1.54, 1.807) is 23.8 Å². The molecular formula is C14H9N3OS. The van der Waals surface area contributed by atoms with Gasteiger partial charge in [-0.3, -0.25) is 0 Å². The van der Waals surface area contributed by atoms with Gasteiger partial charge in [-0.1, -0.05) is 6.07 Å². The average Bonchev–Trinajstić information content (AvgIpc) is 3.18. The van der Waals surface area contributed by atoms with Crippen LogP contribution in [0.25, 0.3) is 32.9 Å². The molecule has 4 heterocycles. The van der Waals surface area contributed by atoms with Crippen molar-refractivity contribution in [3.8, 4) is 21.9 Å². The van der Waals surface area contributed by atoms with E-state index in [-0.39, 0.29) is 0 Å². The first kappa shape index (κ1) is 10.5. The molecule has 0 saturated carbocycles. The molecule has 4 rings (SSSR count). The van der Waals surface area contributed by atoms with Crippen molar-refractivity contribution >= 4 is 22.4 Å². The largest absolute Gasteiger partial charge is 0.444 e. The number of nitrogens with zero attached hydrogens (tertiary/aromatic N) is 2. The predicted octanol–water partition coefficient (Wildman–Crippen LogP) is 3.95. The monoisotopic (exact) mass is 267 g/mol. The van der Waals surface area contributed by atoms with Crippen molar-refractivity contribution in [1.82, 2.24) is 15.0 Å². The number of thiophene rings is 1. The summed E-state index contributed by atoms with van der Waals surface area (Å²) < 4.78 is 5.36. The number of aromatic amines is 1. The van der Waals surface area contributed by atoms with Gasteiger partial charge in [0.2, 0.25) is 5.89 Å². The second kappa shape index (κ2) is 4.07. The van der Waals surface area contributed by atoms with Crippen LogP contribution >= 0.6 is 11.3 Å². The van der Waals surface area contributed by atoms with Crippen LogP contribution < -0.4 is 0 Å². The van der Waals surface area contributed by atoms with Gasteiger partial charge in [-0.2, -0.15) is 0 Å². The Labute approximate surface area is 112 Å². The Morgan fingerprint density at radius 1 is 1.26 bits per heavy atom. The summed E-state index contributed by atoms with van der Waals surface area (Å²) >= 11 is 1.70. The summed E-state index contributed by atoms with van der Waals surface area (Å²) in [5, 5.41) is 3.08. The molecule has 0 aliphatic carbocycles. The number of hydrogen-bond donors (Lipinski definition) is 1. The Morgan fingerprint density at radius 2 is 2.26 bits per heavy atom. The molecule has 4 aromatic rings. The minimum atomic E-state index is 0.608. The van der Waals surface area contributed by atoms with Gasteiger partial charge >= 0.3 is 0 Å². The second-order valence-corrected chi connectivity index (χ2v) is 5.08. The van der Waals surface area contributed by atoms with Crippen LogP contribution in [0, 0.1) is 0 Å². The molecule has 0 radical (unpaired) electrons. The Bertz CT molecular complexity index is 816. The minimum Gasteiger partial charge on any atom is -0.444 e. The zero-order valence-electron chi connectivity index (χ0n) is 9.83. The maximum absolute atomic E-state index is 5.36. The maximum atomic E-state index is 5.36. The lowest BCUT2D eigenvalue weighted by molar-refractivity contribution is 0.575. The number of hydrogen-bond acceptors (Lipinski definition) is 4. The molecule has 0 fully saturated rings. The molecular weight excluding hydrogens is 258 g/mol. The van der Waals surface area contributed by atoms with Gasteiger partial charge in [0.05, 0.1) is 11.8 Å². The highest BCUT2D eigenvalue weighted by atomic mass is 32.1. The quantitative estimate of drug-likeness (QED) is 0.598. The summed E-state index contributed by atoms with van der Waals surface area (Å²) in [4.78, 5) is 13.0. The van der Waals surface area contributed by atoms with Gasteiger partial charge in [-0.15, -0.1) is 11.3 Å². The zero-order chi connectivity index (χ0) is 12.7. The van der Waals surface area contributed by atoms with E-state index in [4.69, 9.17) is 4.42 Å². The van der Waals surface area contributed by atoms with Gasteiger partial charge in [-0.05, 0) is 17.5 Å². The van der Waals surface area contributed by atoms with E-state index in [0.717, 1.165) is 22.2 Å². The molecule has 0 aliphatic heterocycles. The fourth-order valence-electron chi connectivity index (χ4n) is 2.11. The standard InChI is InChI=1S/C14H9N3OS/c1-2-12(19-5-1)9-6-10-11(14-15-3-4-18-14)8-17-13(10)16-7-9/h1-8H,(H,16,17). The SMILES string of the molecule is c1csc(-c2cnc3[nH]cc(-c4ncco4)c3c2)c1. The topological polar surface area (TPSA) is 54.7 Å². The Hall–Kier alpha value is -2.40. The minimum absolute atomic E-state index is 0.608. The molecule has 0 unspecified atom stereocenters. The maximum Gasteiger partial charge on any atom is 0.228 e. The third-order valence-corrected chi connectivity index (χ3v) is 3.92. The zero-order valence-corrected chi connectivity index (χ0v) is 10.6. The molecule has 0 aliphatic rings. The highest BCUT2D eigenvalue weighted by molar-refractivity contribution is 7.13. The van der Waals surface area contributed by atoms with Gasteiger partial charge in [0.1, 0.15) is 11.9 Å². The number of fused-ring (bicyclic) bond motifs is 1. The van der Waals surface area contributed by atoms with Crippen molar-refractivity contribution in [2.45, 2.75) is 0 Å². The van der Waals surface area contributed by atoms with Crippen molar-refractivity contribution < 1.29 is 4.42 Å². The van der Waals surface area contributed by atoms with Crippen LogP contribution in [0.1, 0.15) is 0 Å². The lowest BCUT2D eigenvalue weighted by Gasteiger charge is -1.98. The summed E-state index contributed by atoms with van der Waals surface area (Å²) in [6.07, 6.45) is 6.97. The van der Waals surface area contributed by atoms with Gasteiger partial charge < -0.3 is 9.40 Å². The van der Waals surface area contributed by atoms with E-state index in [1.165, 1.54) is 4.88 Å². The van der Waals surface area contributed by atoms with Crippen LogP contribution in [-0.4, -0.2) is 15.0 Å². The van der Waals surface area contributed by atoms with Crippen molar-refractivity contribution in [3.63, 3.8) is 0 Å². The van der Waals surface area contributed by atoms with E-state index in [2.05, 4.69) is 32.5 Å². The summed E-state index contributed by atoms with van der Waals surface area (Å²) in [7, 11) is 0. The molecule has 4 nitrogen and oxygen atoms in total. The molecule has 92 valence electrons. The first-order valence-electron chi connectivity index (χ1n) is 5.83. The van der Waals surface area contributed by atoms with Crippen LogP contribution in [0.2, 0.25) is 0 Å². The predicted molar refractivity (Wildman–Crippen MR) is 74.9 cm³/mol. The van der Waals surface area contributed by atoms with Crippen LogP contribution in [0.5, 0.6) is 0 Å². The Morgan fingerprint density at radius 3 is 3.05 bits per heavy atom. The molecule has 0 amide bonds. The van der Waals surface area contributed by atoms with Crippen LogP contribution in [0.15, 0.2) is 52.9 Å². The number of aromatic nitrogens is 3. The number of rotatable bonds is 2. The molecule has 4 aromatic heterocycles. The van der Waals surface area contributed by atoms with Crippen molar-refractivity contribution in [2.24, 2.45) is 0 Å². The highest BCUT2D eigenvalue weighted by Gasteiger charge is 2.12. The Kier molecular flexibility index (Phi) is 2.25. The Balaban J connectivity index is 1.95. The molecule has 0 aromatic carbocycles. The molecule has 0 atom stereocenters. The molecule has 0 spiro atoms. The number of H-pyrrole nitrogens is 1. The molecule has 0 saturated heterocycles. The van der Waals surface area contributed by atoms with Crippen LogP contribution in [0.4, 0.5) is 0 Å². The lowest BCUT2D eigenvalue weighted by Crippen LogP contribution is -1.80. The van der Waals surface area contributed by atoms with Gasteiger partial charge in [-0.25, -0.2) is 9.97 Å². The summed E-state index contributed by atoms with van der Waals surface area (Å²) in [6.45, 7) is 0. The van der Waals surface area contributed by atoms with Crippen LogP contribution in [-0.2, 0) is 0 Å². The smallest absolute Gasteiger partial charge is 0.228 e. The third-order valence-electron chi connectivity index (χ3n) is 3.00. The van der Waals surface area contributed by atoms with Gasteiger partial charge in [0.25, 0.3) is 0 Å². The van der Waals surface area contributed by atoms with Gasteiger partial charge in [0, 0.05) is 28.2 Å². The lowest BCUT2D eigenvalue weighted by atomic mass is 10.1. The summed E-state index contributed by atoms with van der Waals surface area (Å²) in [5.41, 5.74) is 2.88. The summed E-state index contributed by atoms with van der Waals surface area (Å²) in [6, 6.07) is 6.24. The summed E-state index contributed by atoms with van der Waals surface area (Å²) in [5.74, 6) is 0.608. The highest BCUT2D eigenvalue weighted by Crippen LogP contribution is 2.31. The van der Waals surface area contributed by atoms with Crippen molar-refractivity contribution in [1.29, 1.82) is 0 Å². The van der Waals surface area contributed by atoms with E-state index in [1.807, 2.05) is 18.5 Å². The molecule has 1 N–H and O–H groups in total. The normalized spacial score (nSPS) is 11.2. The number of oxazole rings is 1. The fraction of sp³-hybridized carbons (Fsp3) is 0. The fourth-order valence-corrected chi connectivity index (χ4v) is 2.82. The second-order valence-electron chi connectivity index (χ2n) is 4.14. The average molecular weight is 267 g/mol. The molecule has 0 bridgehead atoms. The first-order valence-corrected chi connectivity index (χ1v) is 6.70. The van der Waals surface area contributed by atoms with E-state index in [9.17, 15) is 0 Å². The van der Waals surface area contributed by atoms with Crippen molar-refractivity contribution in [2.75, 3.05) is 0 Å². The number of nitrogens with one attached hydrogen (secondary N) is 1. The van der Waals surface area contributed by atoms with Gasteiger partial charge in [0.15, 0.2) is 0 Å².